The summed E-state index contributed by atoms with van der Waals surface area (Å²) in [6.07, 6.45) is 2.35. The van der Waals surface area contributed by atoms with Gasteiger partial charge in [-0.2, -0.15) is 0 Å². The maximum absolute atomic E-state index is 12.0. The molecule has 0 aromatic carbocycles. The molecule has 0 spiro atoms. The predicted molar refractivity (Wildman–Crippen MR) is 60.1 cm³/mol. The van der Waals surface area contributed by atoms with Crippen LogP contribution in [0.3, 0.4) is 0 Å². The average Bonchev–Trinajstić information content (AvgIpc) is 2.24. The molecule has 16 heavy (non-hydrogen) atoms. The van der Waals surface area contributed by atoms with E-state index in [0.717, 1.165) is 5.69 Å². The molecule has 2 rings (SSSR count). The van der Waals surface area contributed by atoms with Gasteiger partial charge in [0.1, 0.15) is 0 Å². The monoisotopic (exact) mass is 220 g/mol. The van der Waals surface area contributed by atoms with E-state index in [2.05, 4.69) is 4.98 Å². The highest BCUT2D eigenvalue weighted by atomic mass is 16.3. The Labute approximate surface area is 94.9 Å². The Morgan fingerprint density at radius 1 is 1.62 bits per heavy atom. The topological polar surface area (TPSA) is 53.4 Å². The molecule has 1 aliphatic heterocycles. The number of hydrogen-bond acceptors (Lipinski definition) is 3. The van der Waals surface area contributed by atoms with Crippen molar-refractivity contribution in [1.29, 1.82) is 0 Å². The van der Waals surface area contributed by atoms with Crippen LogP contribution >= 0.6 is 0 Å². The van der Waals surface area contributed by atoms with Crippen molar-refractivity contribution in [3.63, 3.8) is 0 Å². The lowest BCUT2D eigenvalue weighted by molar-refractivity contribution is -0.0826. The van der Waals surface area contributed by atoms with Gasteiger partial charge in [-0.1, -0.05) is 6.92 Å². The molecule has 0 atom stereocenters. The van der Waals surface area contributed by atoms with Crippen molar-refractivity contribution in [1.82, 2.24) is 9.88 Å². The molecule has 0 aliphatic carbocycles. The highest BCUT2D eigenvalue weighted by Crippen LogP contribution is 2.26. The Morgan fingerprint density at radius 3 is 2.88 bits per heavy atom. The Hall–Kier alpha value is -1.42. The van der Waals surface area contributed by atoms with Gasteiger partial charge in [0.2, 0.25) is 0 Å². The second-order valence-electron chi connectivity index (χ2n) is 4.38. The summed E-state index contributed by atoms with van der Waals surface area (Å²) in [6, 6.07) is 3.53. The van der Waals surface area contributed by atoms with E-state index in [1.807, 2.05) is 13.8 Å². The Bertz CT molecular complexity index is 411. The number of likely N-dealkylation sites (tertiary alicyclic amines) is 1. The van der Waals surface area contributed by atoms with Crippen molar-refractivity contribution < 1.29 is 9.90 Å². The lowest BCUT2D eigenvalue weighted by Crippen LogP contribution is -2.63. The first-order chi connectivity index (χ1) is 7.56. The molecule has 2 heterocycles. The van der Waals surface area contributed by atoms with Crippen molar-refractivity contribution >= 4 is 5.91 Å². The SMILES string of the molecule is CCC1(O)CN(C(=O)c2cccnc2C)C1. The number of rotatable bonds is 2. The Kier molecular flexibility index (Phi) is 2.68. The molecule has 4 nitrogen and oxygen atoms in total. The minimum Gasteiger partial charge on any atom is -0.386 e. The summed E-state index contributed by atoms with van der Waals surface area (Å²) in [5.74, 6) is -0.0382. The number of hydrogen-bond donors (Lipinski definition) is 1. The van der Waals surface area contributed by atoms with Crippen molar-refractivity contribution in [3.8, 4) is 0 Å². The number of aliphatic hydroxyl groups is 1. The van der Waals surface area contributed by atoms with Crippen LogP contribution in [-0.2, 0) is 0 Å². The van der Waals surface area contributed by atoms with Crippen LogP contribution in [-0.4, -0.2) is 39.6 Å². The van der Waals surface area contributed by atoms with Crippen LogP contribution in [0.15, 0.2) is 18.3 Å². The van der Waals surface area contributed by atoms with Crippen LogP contribution in [0.2, 0.25) is 0 Å². The van der Waals surface area contributed by atoms with Crippen LogP contribution in [0.4, 0.5) is 0 Å². The molecule has 0 bridgehead atoms. The molecule has 0 radical (unpaired) electrons. The molecule has 1 aliphatic rings. The van der Waals surface area contributed by atoms with Crippen molar-refractivity contribution in [2.24, 2.45) is 0 Å². The lowest BCUT2D eigenvalue weighted by atomic mass is 9.90. The molecular weight excluding hydrogens is 204 g/mol. The second-order valence-corrected chi connectivity index (χ2v) is 4.38. The smallest absolute Gasteiger partial charge is 0.255 e. The summed E-state index contributed by atoms with van der Waals surface area (Å²) >= 11 is 0. The Balaban J connectivity index is 2.09. The second kappa shape index (κ2) is 3.87. The van der Waals surface area contributed by atoms with E-state index < -0.39 is 5.60 Å². The van der Waals surface area contributed by atoms with Crippen LogP contribution in [0.25, 0.3) is 0 Å². The molecule has 0 saturated carbocycles. The average molecular weight is 220 g/mol. The summed E-state index contributed by atoms with van der Waals surface area (Å²) in [6.45, 7) is 4.60. The minimum absolute atomic E-state index is 0.0382. The number of carbonyl (C=O) groups is 1. The minimum atomic E-state index is -0.675. The molecule has 1 aromatic rings. The van der Waals surface area contributed by atoms with E-state index in [-0.39, 0.29) is 5.91 Å². The first kappa shape index (κ1) is 11.1. The fourth-order valence-electron chi connectivity index (χ4n) is 1.91. The number of aryl methyl sites for hydroxylation is 1. The predicted octanol–water partition coefficient (Wildman–Crippen LogP) is 0.987. The van der Waals surface area contributed by atoms with Gasteiger partial charge in [0, 0.05) is 11.9 Å². The Morgan fingerprint density at radius 2 is 2.31 bits per heavy atom. The number of carbonyl (C=O) groups excluding carboxylic acids is 1. The molecule has 1 amide bonds. The number of amides is 1. The molecule has 1 aromatic heterocycles. The maximum Gasteiger partial charge on any atom is 0.255 e. The standard InChI is InChI=1S/C12H16N2O2/c1-3-12(16)7-14(8-12)11(15)10-5-4-6-13-9(10)2/h4-6,16H,3,7-8H2,1-2H3. The first-order valence-electron chi connectivity index (χ1n) is 5.49. The largest absolute Gasteiger partial charge is 0.386 e. The van der Waals surface area contributed by atoms with Gasteiger partial charge in [-0.3, -0.25) is 9.78 Å². The third-order valence-corrected chi connectivity index (χ3v) is 3.15. The summed E-state index contributed by atoms with van der Waals surface area (Å²) < 4.78 is 0. The fraction of sp³-hybridized carbons (Fsp3) is 0.500. The lowest BCUT2D eigenvalue weighted by Gasteiger charge is -2.46. The van der Waals surface area contributed by atoms with Gasteiger partial charge >= 0.3 is 0 Å². The molecule has 1 N–H and O–H groups in total. The first-order valence-corrected chi connectivity index (χ1v) is 5.49. The van der Waals surface area contributed by atoms with Gasteiger partial charge in [0.15, 0.2) is 0 Å². The zero-order valence-electron chi connectivity index (χ0n) is 9.60. The zero-order chi connectivity index (χ0) is 11.8. The molecule has 1 fully saturated rings. The fourth-order valence-corrected chi connectivity index (χ4v) is 1.91. The molecule has 0 unspecified atom stereocenters. The van der Waals surface area contributed by atoms with Gasteiger partial charge in [0.25, 0.3) is 5.91 Å². The van der Waals surface area contributed by atoms with E-state index in [1.165, 1.54) is 0 Å². The van der Waals surface area contributed by atoms with Gasteiger partial charge < -0.3 is 10.0 Å². The number of nitrogens with zero attached hydrogens (tertiary/aromatic N) is 2. The summed E-state index contributed by atoms with van der Waals surface area (Å²) in [5, 5.41) is 9.84. The highest BCUT2D eigenvalue weighted by Gasteiger charge is 2.42. The highest BCUT2D eigenvalue weighted by molar-refractivity contribution is 5.95. The third kappa shape index (κ3) is 1.80. The normalized spacial score (nSPS) is 18.1. The van der Waals surface area contributed by atoms with Crippen molar-refractivity contribution in [2.45, 2.75) is 25.9 Å². The van der Waals surface area contributed by atoms with Gasteiger partial charge in [-0.15, -0.1) is 0 Å². The van der Waals surface area contributed by atoms with Crippen LogP contribution < -0.4 is 0 Å². The number of pyridine rings is 1. The summed E-state index contributed by atoms with van der Waals surface area (Å²) in [7, 11) is 0. The van der Waals surface area contributed by atoms with Gasteiger partial charge in [-0.25, -0.2) is 0 Å². The quantitative estimate of drug-likeness (QED) is 0.808. The maximum atomic E-state index is 12.0. The summed E-state index contributed by atoms with van der Waals surface area (Å²) in [5.41, 5.74) is 0.686. The van der Waals surface area contributed by atoms with E-state index in [4.69, 9.17) is 0 Å². The van der Waals surface area contributed by atoms with Crippen LogP contribution in [0, 0.1) is 6.92 Å². The van der Waals surface area contributed by atoms with Crippen molar-refractivity contribution in [2.75, 3.05) is 13.1 Å². The van der Waals surface area contributed by atoms with E-state index in [9.17, 15) is 9.90 Å². The van der Waals surface area contributed by atoms with Gasteiger partial charge in [0.05, 0.1) is 24.3 Å². The van der Waals surface area contributed by atoms with Crippen molar-refractivity contribution in [3.05, 3.63) is 29.6 Å². The van der Waals surface area contributed by atoms with Crippen LogP contribution in [0.1, 0.15) is 29.4 Å². The van der Waals surface area contributed by atoms with Gasteiger partial charge in [-0.05, 0) is 25.5 Å². The third-order valence-electron chi connectivity index (χ3n) is 3.15. The van der Waals surface area contributed by atoms with Crippen LogP contribution in [0.5, 0.6) is 0 Å². The van der Waals surface area contributed by atoms with E-state index >= 15 is 0 Å². The molecule has 4 heteroatoms. The summed E-state index contributed by atoms with van der Waals surface area (Å²) in [4.78, 5) is 17.8. The van der Waals surface area contributed by atoms with E-state index in [1.54, 1.807) is 23.2 Å². The number of aromatic nitrogens is 1. The molecular formula is C12H16N2O2. The zero-order valence-corrected chi connectivity index (χ0v) is 9.60. The molecule has 86 valence electrons. The van der Waals surface area contributed by atoms with E-state index in [0.29, 0.717) is 25.1 Å². The number of β-amino-alcohol motifs (C(OH)–C–C–N with tert-alkyl or cyclic N) is 1. The molecule has 1 saturated heterocycles.